The third kappa shape index (κ3) is 4.30. The fraction of sp³-hybridized carbons (Fsp3) is 0.647. The van der Waals surface area contributed by atoms with Crippen LogP contribution < -0.4 is 5.32 Å². The van der Waals surface area contributed by atoms with Gasteiger partial charge in [0, 0.05) is 19.3 Å². The molecule has 1 aromatic carbocycles. The number of likely N-dealkylation sites (N-methyl/N-ethyl adjacent to an activating group) is 1. The quantitative estimate of drug-likeness (QED) is 0.704. The lowest BCUT2D eigenvalue weighted by molar-refractivity contribution is -0.144. The van der Waals surface area contributed by atoms with Crippen LogP contribution in [0.25, 0.3) is 0 Å². The summed E-state index contributed by atoms with van der Waals surface area (Å²) in [5, 5.41) is 3.46. The van der Waals surface area contributed by atoms with E-state index in [9.17, 15) is 0 Å². The number of aryl methyl sites for hydroxylation is 1. The molecule has 0 aromatic heterocycles. The second kappa shape index (κ2) is 8.40. The van der Waals surface area contributed by atoms with Gasteiger partial charge in [-0.1, -0.05) is 37.3 Å². The van der Waals surface area contributed by atoms with Crippen LogP contribution in [0.4, 0.5) is 0 Å². The molecule has 0 radical (unpaired) electrons. The fourth-order valence-electron chi connectivity index (χ4n) is 2.78. The second-order valence-electron chi connectivity index (χ2n) is 5.32. The number of hydrogen-bond donors (Lipinski definition) is 1. The van der Waals surface area contributed by atoms with Gasteiger partial charge in [0.1, 0.15) is 0 Å². The summed E-state index contributed by atoms with van der Waals surface area (Å²) in [6, 6.07) is 11.1. The van der Waals surface area contributed by atoms with Crippen molar-refractivity contribution in [3.8, 4) is 0 Å². The molecule has 0 heterocycles. The topological polar surface area (TPSA) is 30.5 Å². The summed E-state index contributed by atoms with van der Waals surface area (Å²) in [5.41, 5.74) is 1.39. The Morgan fingerprint density at radius 2 is 1.95 bits per heavy atom. The zero-order valence-electron chi connectivity index (χ0n) is 12.7. The van der Waals surface area contributed by atoms with Gasteiger partial charge in [0.2, 0.25) is 0 Å². The highest BCUT2D eigenvalue weighted by Gasteiger charge is 2.41. The van der Waals surface area contributed by atoms with E-state index in [2.05, 4.69) is 42.6 Å². The van der Waals surface area contributed by atoms with E-state index in [1.54, 1.807) is 0 Å². The number of benzene rings is 1. The molecule has 20 heavy (non-hydrogen) atoms. The van der Waals surface area contributed by atoms with Crippen LogP contribution in [0.15, 0.2) is 30.3 Å². The molecule has 1 aliphatic carbocycles. The molecule has 1 fully saturated rings. The Morgan fingerprint density at radius 1 is 1.15 bits per heavy atom. The van der Waals surface area contributed by atoms with Crippen molar-refractivity contribution in [2.45, 2.75) is 51.4 Å². The average molecular weight is 277 g/mol. The maximum Gasteiger partial charge on any atom is 0.0990 e. The summed E-state index contributed by atoms with van der Waals surface area (Å²) in [4.78, 5) is 0. The van der Waals surface area contributed by atoms with E-state index in [4.69, 9.17) is 9.47 Å². The van der Waals surface area contributed by atoms with E-state index < -0.39 is 0 Å². The summed E-state index contributed by atoms with van der Waals surface area (Å²) >= 11 is 0. The molecule has 3 unspecified atom stereocenters. The van der Waals surface area contributed by atoms with E-state index >= 15 is 0 Å². The van der Waals surface area contributed by atoms with Crippen LogP contribution in [0.1, 0.15) is 32.3 Å². The molecule has 1 saturated carbocycles. The van der Waals surface area contributed by atoms with Crippen molar-refractivity contribution in [3.05, 3.63) is 35.9 Å². The molecule has 2 rings (SSSR count). The Balaban J connectivity index is 1.64. The standard InChI is InChI=1S/C17H27NO2/c1-3-18-15-13-16(17(15)19-4-2)20-12-8-11-14-9-6-5-7-10-14/h5-7,9-10,15-18H,3-4,8,11-13H2,1-2H3. The highest BCUT2D eigenvalue weighted by Crippen LogP contribution is 2.27. The minimum absolute atomic E-state index is 0.233. The van der Waals surface area contributed by atoms with Crippen LogP contribution in [-0.4, -0.2) is 38.0 Å². The van der Waals surface area contributed by atoms with Crippen LogP contribution in [-0.2, 0) is 15.9 Å². The highest BCUT2D eigenvalue weighted by molar-refractivity contribution is 5.14. The van der Waals surface area contributed by atoms with Gasteiger partial charge in [-0.05, 0) is 38.3 Å². The van der Waals surface area contributed by atoms with Crippen LogP contribution in [0.2, 0.25) is 0 Å². The first-order chi connectivity index (χ1) is 9.85. The van der Waals surface area contributed by atoms with Crippen LogP contribution in [0.3, 0.4) is 0 Å². The van der Waals surface area contributed by atoms with Crippen molar-refractivity contribution in [2.75, 3.05) is 19.8 Å². The lowest BCUT2D eigenvalue weighted by Gasteiger charge is -2.44. The molecule has 0 saturated heterocycles. The van der Waals surface area contributed by atoms with E-state index in [0.717, 1.165) is 39.0 Å². The predicted octanol–water partition coefficient (Wildman–Crippen LogP) is 2.79. The van der Waals surface area contributed by atoms with E-state index in [1.807, 2.05) is 6.92 Å². The first-order valence-electron chi connectivity index (χ1n) is 7.85. The van der Waals surface area contributed by atoms with Crippen molar-refractivity contribution in [3.63, 3.8) is 0 Å². The SMILES string of the molecule is CCNC1CC(OCCCc2ccccc2)C1OCC. The molecule has 0 amide bonds. The van der Waals surface area contributed by atoms with Gasteiger partial charge in [-0.15, -0.1) is 0 Å². The number of rotatable bonds is 9. The lowest BCUT2D eigenvalue weighted by atomic mass is 9.85. The molecule has 3 heteroatoms. The molecule has 1 N–H and O–H groups in total. The zero-order chi connectivity index (χ0) is 14.2. The largest absolute Gasteiger partial charge is 0.375 e. The molecule has 3 atom stereocenters. The zero-order valence-corrected chi connectivity index (χ0v) is 12.7. The van der Waals surface area contributed by atoms with Crippen LogP contribution in [0, 0.1) is 0 Å². The summed E-state index contributed by atoms with van der Waals surface area (Å²) in [7, 11) is 0. The highest BCUT2D eigenvalue weighted by atomic mass is 16.5. The molecular formula is C17H27NO2. The fourth-order valence-corrected chi connectivity index (χ4v) is 2.78. The Kier molecular flexibility index (Phi) is 6.51. The van der Waals surface area contributed by atoms with Gasteiger partial charge in [0.05, 0.1) is 12.2 Å². The van der Waals surface area contributed by atoms with Gasteiger partial charge in [-0.25, -0.2) is 0 Å². The maximum absolute atomic E-state index is 5.98. The molecule has 1 aliphatic rings. The molecule has 0 spiro atoms. The lowest BCUT2D eigenvalue weighted by Crippen LogP contribution is -2.60. The Bertz CT molecular complexity index is 369. The van der Waals surface area contributed by atoms with E-state index in [1.165, 1.54) is 5.56 Å². The van der Waals surface area contributed by atoms with Gasteiger partial charge in [0.15, 0.2) is 0 Å². The normalized spacial score (nSPS) is 25.4. The van der Waals surface area contributed by atoms with Crippen LogP contribution in [0.5, 0.6) is 0 Å². The predicted molar refractivity (Wildman–Crippen MR) is 82.0 cm³/mol. The van der Waals surface area contributed by atoms with Crippen molar-refractivity contribution in [1.29, 1.82) is 0 Å². The van der Waals surface area contributed by atoms with Crippen molar-refractivity contribution in [1.82, 2.24) is 5.32 Å². The number of nitrogens with one attached hydrogen (secondary N) is 1. The minimum atomic E-state index is 0.233. The molecule has 1 aromatic rings. The molecular weight excluding hydrogens is 250 g/mol. The van der Waals surface area contributed by atoms with E-state index in [0.29, 0.717) is 6.04 Å². The summed E-state index contributed by atoms with van der Waals surface area (Å²) in [6.07, 6.45) is 3.74. The molecule has 0 bridgehead atoms. The second-order valence-corrected chi connectivity index (χ2v) is 5.32. The first-order valence-corrected chi connectivity index (χ1v) is 7.85. The summed E-state index contributed by atoms with van der Waals surface area (Å²) in [5.74, 6) is 0. The Labute approximate surface area is 122 Å². The molecule has 112 valence electrons. The number of hydrogen-bond acceptors (Lipinski definition) is 3. The van der Waals surface area contributed by atoms with Gasteiger partial charge in [0.25, 0.3) is 0 Å². The van der Waals surface area contributed by atoms with Gasteiger partial charge >= 0.3 is 0 Å². The van der Waals surface area contributed by atoms with Gasteiger partial charge in [-0.3, -0.25) is 0 Å². The average Bonchev–Trinajstić information content (AvgIpc) is 2.48. The Hall–Kier alpha value is -0.900. The van der Waals surface area contributed by atoms with Gasteiger partial charge in [-0.2, -0.15) is 0 Å². The first kappa shape index (κ1) is 15.5. The molecule has 3 nitrogen and oxygen atoms in total. The van der Waals surface area contributed by atoms with Crippen LogP contribution >= 0.6 is 0 Å². The third-order valence-corrected chi connectivity index (χ3v) is 3.86. The summed E-state index contributed by atoms with van der Waals surface area (Å²) in [6.45, 7) is 6.76. The summed E-state index contributed by atoms with van der Waals surface area (Å²) < 4.78 is 11.8. The van der Waals surface area contributed by atoms with Crippen molar-refractivity contribution in [2.24, 2.45) is 0 Å². The van der Waals surface area contributed by atoms with E-state index in [-0.39, 0.29) is 12.2 Å². The number of ether oxygens (including phenoxy) is 2. The van der Waals surface area contributed by atoms with Crippen molar-refractivity contribution < 1.29 is 9.47 Å². The van der Waals surface area contributed by atoms with Gasteiger partial charge < -0.3 is 14.8 Å². The smallest absolute Gasteiger partial charge is 0.0990 e. The monoisotopic (exact) mass is 277 g/mol. The maximum atomic E-state index is 5.98. The molecule has 0 aliphatic heterocycles. The van der Waals surface area contributed by atoms with Crippen molar-refractivity contribution >= 4 is 0 Å². The Morgan fingerprint density at radius 3 is 2.65 bits per heavy atom. The third-order valence-electron chi connectivity index (χ3n) is 3.86. The minimum Gasteiger partial charge on any atom is -0.375 e.